The summed E-state index contributed by atoms with van der Waals surface area (Å²) in [4.78, 5) is 25.6. The lowest BCUT2D eigenvalue weighted by Crippen LogP contribution is -2.36. The van der Waals surface area contributed by atoms with Gasteiger partial charge < -0.3 is 14.2 Å². The zero-order valence-electron chi connectivity index (χ0n) is 16.4. The van der Waals surface area contributed by atoms with Crippen LogP contribution in [0.2, 0.25) is 0 Å². The average molecular weight is 370 g/mol. The van der Waals surface area contributed by atoms with Crippen molar-refractivity contribution in [2.45, 2.75) is 64.9 Å². The van der Waals surface area contributed by atoms with Crippen molar-refractivity contribution in [1.29, 1.82) is 0 Å². The maximum atomic E-state index is 11.6. The smallest absolute Gasteiger partial charge is 0.331 e. The summed E-state index contributed by atoms with van der Waals surface area (Å²) in [6.07, 6.45) is 9.28. The number of hydrogen-bond acceptors (Lipinski definition) is 6. The van der Waals surface area contributed by atoms with Gasteiger partial charge in [0.25, 0.3) is 0 Å². The van der Waals surface area contributed by atoms with Gasteiger partial charge in [-0.2, -0.15) is 0 Å². The van der Waals surface area contributed by atoms with E-state index in [-0.39, 0.29) is 6.10 Å². The minimum Gasteiger partial charge on any atom is -0.463 e. The van der Waals surface area contributed by atoms with Crippen molar-refractivity contribution >= 4 is 11.9 Å². The first-order valence-corrected chi connectivity index (χ1v) is 9.97. The van der Waals surface area contributed by atoms with E-state index in [1.54, 1.807) is 0 Å². The molecular formula is C20H35NO5. The predicted molar refractivity (Wildman–Crippen MR) is 101 cm³/mol. The third-order valence-electron chi connectivity index (χ3n) is 4.35. The molecule has 26 heavy (non-hydrogen) atoms. The van der Waals surface area contributed by atoms with Gasteiger partial charge in [0.15, 0.2) is 0 Å². The van der Waals surface area contributed by atoms with Crippen molar-refractivity contribution in [1.82, 2.24) is 4.90 Å². The average Bonchev–Trinajstić information content (AvgIpc) is 2.64. The first kappa shape index (κ1) is 22.6. The first-order chi connectivity index (χ1) is 12.6. The SMILES string of the molecule is CCCCC(C)OC(=O)/C=C/C(=O)OCCCCCCN1CCOCC1. The predicted octanol–water partition coefficient (Wildman–Crippen LogP) is 3.10. The summed E-state index contributed by atoms with van der Waals surface area (Å²) in [7, 11) is 0. The van der Waals surface area contributed by atoms with E-state index in [0.717, 1.165) is 89.9 Å². The van der Waals surface area contributed by atoms with Crippen LogP contribution in [0.15, 0.2) is 12.2 Å². The molecule has 0 aromatic heterocycles. The minimum atomic E-state index is -0.492. The molecule has 0 radical (unpaired) electrons. The van der Waals surface area contributed by atoms with Crippen LogP contribution in [0, 0.1) is 0 Å². The van der Waals surface area contributed by atoms with E-state index in [0.29, 0.717) is 6.61 Å². The van der Waals surface area contributed by atoms with Crippen molar-refractivity contribution in [3.05, 3.63) is 12.2 Å². The third-order valence-corrected chi connectivity index (χ3v) is 4.35. The summed E-state index contributed by atoms with van der Waals surface area (Å²) in [6, 6.07) is 0. The maximum Gasteiger partial charge on any atom is 0.331 e. The number of esters is 2. The number of ether oxygens (including phenoxy) is 3. The van der Waals surface area contributed by atoms with Crippen LogP contribution in [-0.4, -0.2) is 62.4 Å². The zero-order valence-corrected chi connectivity index (χ0v) is 16.4. The summed E-state index contributed by atoms with van der Waals surface area (Å²) >= 11 is 0. The zero-order chi connectivity index (χ0) is 19.0. The highest BCUT2D eigenvalue weighted by Crippen LogP contribution is 2.06. The van der Waals surface area contributed by atoms with Crippen LogP contribution in [0.25, 0.3) is 0 Å². The minimum absolute atomic E-state index is 0.124. The third kappa shape index (κ3) is 12.0. The molecule has 1 heterocycles. The largest absolute Gasteiger partial charge is 0.463 e. The van der Waals surface area contributed by atoms with Gasteiger partial charge in [-0.25, -0.2) is 9.59 Å². The van der Waals surface area contributed by atoms with Gasteiger partial charge in [0.05, 0.1) is 25.9 Å². The lowest BCUT2D eigenvalue weighted by Gasteiger charge is -2.26. The molecule has 1 rings (SSSR count). The molecule has 0 aromatic carbocycles. The van der Waals surface area contributed by atoms with Crippen LogP contribution in [0.4, 0.5) is 0 Å². The maximum absolute atomic E-state index is 11.6. The Kier molecular flexibility index (Phi) is 12.8. The molecule has 1 fully saturated rings. The standard InChI is InChI=1S/C20H35NO5/c1-3-4-9-18(2)26-20(23)11-10-19(22)25-15-8-6-5-7-12-21-13-16-24-17-14-21/h10-11,18H,3-9,12-17H2,1-2H3/b11-10+. The van der Waals surface area contributed by atoms with E-state index in [1.165, 1.54) is 0 Å². The molecule has 0 amide bonds. The lowest BCUT2D eigenvalue weighted by molar-refractivity contribution is -0.143. The Morgan fingerprint density at radius 2 is 1.73 bits per heavy atom. The molecule has 1 unspecified atom stereocenters. The number of carbonyl (C=O) groups is 2. The number of carbonyl (C=O) groups excluding carboxylic acids is 2. The topological polar surface area (TPSA) is 65.1 Å². The van der Waals surface area contributed by atoms with Gasteiger partial charge in [-0.05, 0) is 32.7 Å². The van der Waals surface area contributed by atoms with E-state index in [2.05, 4.69) is 11.8 Å². The van der Waals surface area contributed by atoms with Crippen molar-refractivity contribution in [3.63, 3.8) is 0 Å². The van der Waals surface area contributed by atoms with E-state index < -0.39 is 11.9 Å². The van der Waals surface area contributed by atoms with E-state index in [1.807, 2.05) is 6.92 Å². The molecule has 0 N–H and O–H groups in total. The fourth-order valence-electron chi connectivity index (χ4n) is 2.76. The summed E-state index contributed by atoms with van der Waals surface area (Å²) in [5.74, 6) is -0.981. The first-order valence-electron chi connectivity index (χ1n) is 9.97. The van der Waals surface area contributed by atoms with E-state index in [4.69, 9.17) is 14.2 Å². The Morgan fingerprint density at radius 1 is 1.04 bits per heavy atom. The molecule has 6 heteroatoms. The highest BCUT2D eigenvalue weighted by atomic mass is 16.5. The van der Waals surface area contributed by atoms with Gasteiger partial charge in [0.1, 0.15) is 0 Å². The summed E-state index contributed by atoms with van der Waals surface area (Å²) in [5.41, 5.74) is 0. The van der Waals surface area contributed by atoms with E-state index in [9.17, 15) is 9.59 Å². The molecular weight excluding hydrogens is 334 g/mol. The van der Waals surface area contributed by atoms with Crippen LogP contribution >= 0.6 is 0 Å². The van der Waals surface area contributed by atoms with Crippen molar-refractivity contribution < 1.29 is 23.8 Å². The second kappa shape index (κ2) is 14.7. The van der Waals surface area contributed by atoms with Crippen LogP contribution in [0.1, 0.15) is 58.8 Å². The second-order valence-corrected chi connectivity index (χ2v) is 6.76. The number of hydrogen-bond donors (Lipinski definition) is 0. The number of nitrogens with zero attached hydrogens (tertiary/aromatic N) is 1. The Bertz CT molecular complexity index is 418. The molecule has 0 spiro atoms. The molecule has 1 atom stereocenters. The summed E-state index contributed by atoms with van der Waals surface area (Å²) in [6.45, 7) is 9.21. The van der Waals surface area contributed by atoms with Gasteiger partial charge in [0, 0.05) is 25.2 Å². The molecule has 6 nitrogen and oxygen atoms in total. The Labute approximate surface area is 157 Å². The fraction of sp³-hybridized carbons (Fsp3) is 0.800. The summed E-state index contributed by atoms with van der Waals surface area (Å²) < 4.78 is 15.6. The molecule has 150 valence electrons. The normalized spacial score (nSPS) is 16.5. The van der Waals surface area contributed by atoms with Crippen molar-refractivity contribution in [2.75, 3.05) is 39.5 Å². The second-order valence-electron chi connectivity index (χ2n) is 6.76. The van der Waals surface area contributed by atoms with Crippen LogP contribution in [0.3, 0.4) is 0 Å². The van der Waals surface area contributed by atoms with Crippen LogP contribution in [-0.2, 0) is 23.8 Å². The van der Waals surface area contributed by atoms with Gasteiger partial charge in [-0.15, -0.1) is 0 Å². The number of unbranched alkanes of at least 4 members (excludes halogenated alkanes) is 4. The monoisotopic (exact) mass is 369 g/mol. The highest BCUT2D eigenvalue weighted by Gasteiger charge is 2.09. The van der Waals surface area contributed by atoms with Gasteiger partial charge in [-0.3, -0.25) is 4.90 Å². The number of rotatable bonds is 13. The quantitative estimate of drug-likeness (QED) is 0.282. The molecule has 0 aliphatic carbocycles. The van der Waals surface area contributed by atoms with Gasteiger partial charge >= 0.3 is 11.9 Å². The molecule has 1 saturated heterocycles. The Morgan fingerprint density at radius 3 is 2.46 bits per heavy atom. The highest BCUT2D eigenvalue weighted by molar-refractivity contribution is 5.91. The van der Waals surface area contributed by atoms with Gasteiger partial charge in [0.2, 0.25) is 0 Å². The number of morpholine rings is 1. The Hall–Kier alpha value is -1.40. The molecule has 0 aromatic rings. The lowest BCUT2D eigenvalue weighted by atomic mass is 10.2. The molecule has 0 bridgehead atoms. The Balaban J connectivity index is 1.97. The van der Waals surface area contributed by atoms with Crippen molar-refractivity contribution in [3.8, 4) is 0 Å². The van der Waals surface area contributed by atoms with Gasteiger partial charge in [-0.1, -0.05) is 32.6 Å². The fourth-order valence-corrected chi connectivity index (χ4v) is 2.76. The molecule has 0 saturated carbocycles. The van der Waals surface area contributed by atoms with Crippen LogP contribution < -0.4 is 0 Å². The molecule has 1 aliphatic heterocycles. The summed E-state index contributed by atoms with van der Waals surface area (Å²) in [5, 5.41) is 0. The van der Waals surface area contributed by atoms with Crippen LogP contribution in [0.5, 0.6) is 0 Å². The van der Waals surface area contributed by atoms with E-state index >= 15 is 0 Å². The van der Waals surface area contributed by atoms with Crippen molar-refractivity contribution in [2.24, 2.45) is 0 Å². The molecule has 1 aliphatic rings.